The summed E-state index contributed by atoms with van der Waals surface area (Å²) in [5.74, 6) is 0.484. The fourth-order valence-electron chi connectivity index (χ4n) is 4.41. The van der Waals surface area contributed by atoms with Crippen molar-refractivity contribution in [3.8, 4) is 0 Å². The Hall–Kier alpha value is -2.90. The smallest absolute Gasteiger partial charge is 0.342 e. The third-order valence-corrected chi connectivity index (χ3v) is 6.10. The first-order valence-corrected chi connectivity index (χ1v) is 10.5. The minimum absolute atomic E-state index is 0.0604. The normalized spacial score (nSPS) is 18.4. The number of rotatable bonds is 4. The van der Waals surface area contributed by atoms with Crippen LogP contribution in [0.3, 0.4) is 0 Å². The minimum Gasteiger partial charge on any atom is -0.342 e. The average molecular weight is 430 g/mol. The number of likely N-dealkylation sites (tertiary alicyclic amines) is 1. The Bertz CT molecular complexity index is 1090. The summed E-state index contributed by atoms with van der Waals surface area (Å²) in [5, 5.41) is 8.19. The Morgan fingerprint density at radius 3 is 2.71 bits per heavy atom. The van der Waals surface area contributed by atoms with E-state index in [1.165, 1.54) is 10.5 Å². The quantitative estimate of drug-likeness (QED) is 0.588. The van der Waals surface area contributed by atoms with Gasteiger partial charge in [0.1, 0.15) is 5.82 Å². The fraction of sp³-hybridized carbons (Fsp3) is 0.435. The maximum Gasteiger partial charge on any atom is 0.417 e. The van der Waals surface area contributed by atoms with Gasteiger partial charge in [0, 0.05) is 31.6 Å². The Kier molecular flexibility index (Phi) is 5.73. The van der Waals surface area contributed by atoms with E-state index in [2.05, 4.69) is 10.2 Å². The summed E-state index contributed by atoms with van der Waals surface area (Å²) in [5.41, 5.74) is 1.96. The SMILES string of the molecule is Cc1ccccc1[C@@H](C)CC(=O)N1CCC[C@@H](c2nnc3ccc(C(F)(F)F)cn23)C1. The standard InChI is InChI=1S/C23H25F3N4O/c1-15-6-3-4-8-19(15)16(2)12-21(31)29-11-5-7-17(13-29)22-28-27-20-10-9-18(14-30(20)22)23(24,25)26/h3-4,6,8-10,14,16-17H,5,7,11-13H2,1-2H3/t16-,17+/m0/s1. The van der Waals surface area contributed by atoms with E-state index < -0.39 is 11.7 Å². The van der Waals surface area contributed by atoms with Crippen molar-refractivity contribution in [2.75, 3.05) is 13.1 Å². The Labute approximate surface area is 178 Å². The number of amides is 1. The van der Waals surface area contributed by atoms with Gasteiger partial charge >= 0.3 is 6.18 Å². The molecule has 3 heterocycles. The van der Waals surface area contributed by atoms with E-state index in [1.807, 2.05) is 43.0 Å². The second-order valence-corrected chi connectivity index (χ2v) is 8.34. The molecule has 0 radical (unpaired) electrons. The number of benzene rings is 1. The lowest BCUT2D eigenvalue weighted by Gasteiger charge is -2.33. The van der Waals surface area contributed by atoms with Gasteiger partial charge < -0.3 is 4.90 Å². The van der Waals surface area contributed by atoms with E-state index >= 15 is 0 Å². The van der Waals surface area contributed by atoms with E-state index in [4.69, 9.17) is 0 Å². The predicted octanol–water partition coefficient (Wildman–Crippen LogP) is 4.96. The molecular formula is C23H25F3N4O. The van der Waals surface area contributed by atoms with Crippen LogP contribution in [0.2, 0.25) is 0 Å². The number of carbonyl (C=O) groups is 1. The molecular weight excluding hydrogens is 405 g/mol. The molecule has 3 aromatic rings. The van der Waals surface area contributed by atoms with Crippen molar-refractivity contribution >= 4 is 11.6 Å². The molecule has 0 bridgehead atoms. The number of piperidine rings is 1. The van der Waals surface area contributed by atoms with Gasteiger partial charge in [0.05, 0.1) is 5.56 Å². The number of halogens is 3. The highest BCUT2D eigenvalue weighted by atomic mass is 19.4. The van der Waals surface area contributed by atoms with Crippen LogP contribution in [0.4, 0.5) is 13.2 Å². The number of nitrogens with zero attached hydrogens (tertiary/aromatic N) is 4. The summed E-state index contributed by atoms with van der Waals surface area (Å²) in [6.07, 6.45) is -1.45. The number of alkyl halides is 3. The van der Waals surface area contributed by atoms with Gasteiger partial charge in [0.25, 0.3) is 0 Å². The molecule has 1 aromatic carbocycles. The van der Waals surface area contributed by atoms with Gasteiger partial charge in [-0.2, -0.15) is 13.2 Å². The lowest BCUT2D eigenvalue weighted by atomic mass is 9.92. The molecule has 0 spiro atoms. The van der Waals surface area contributed by atoms with Crippen LogP contribution >= 0.6 is 0 Å². The minimum atomic E-state index is -4.43. The molecule has 0 N–H and O–H groups in total. The van der Waals surface area contributed by atoms with Crippen molar-refractivity contribution in [1.82, 2.24) is 19.5 Å². The Morgan fingerprint density at radius 1 is 1.19 bits per heavy atom. The zero-order valence-corrected chi connectivity index (χ0v) is 17.6. The van der Waals surface area contributed by atoms with Crippen LogP contribution in [0, 0.1) is 6.92 Å². The number of hydrogen-bond donors (Lipinski definition) is 0. The second kappa shape index (κ2) is 8.32. The molecule has 31 heavy (non-hydrogen) atoms. The maximum absolute atomic E-state index is 13.1. The first-order chi connectivity index (χ1) is 14.7. The zero-order valence-electron chi connectivity index (χ0n) is 17.6. The largest absolute Gasteiger partial charge is 0.417 e. The van der Waals surface area contributed by atoms with Crippen LogP contribution in [-0.4, -0.2) is 38.5 Å². The molecule has 0 aliphatic carbocycles. The Balaban J connectivity index is 1.51. The maximum atomic E-state index is 13.1. The molecule has 5 nitrogen and oxygen atoms in total. The lowest BCUT2D eigenvalue weighted by molar-refractivity contribution is -0.137. The molecule has 164 valence electrons. The molecule has 0 saturated carbocycles. The molecule has 1 fully saturated rings. The molecule has 0 unspecified atom stereocenters. The number of aromatic nitrogens is 3. The Morgan fingerprint density at radius 2 is 1.97 bits per heavy atom. The van der Waals surface area contributed by atoms with Crippen LogP contribution in [-0.2, 0) is 11.0 Å². The summed E-state index contributed by atoms with van der Waals surface area (Å²) in [6.45, 7) is 5.18. The summed E-state index contributed by atoms with van der Waals surface area (Å²) in [6, 6.07) is 10.4. The van der Waals surface area contributed by atoms with Crippen molar-refractivity contribution in [3.05, 3.63) is 65.1 Å². The molecule has 1 amide bonds. The summed E-state index contributed by atoms with van der Waals surface area (Å²) < 4.78 is 40.9. The topological polar surface area (TPSA) is 50.5 Å². The number of hydrogen-bond acceptors (Lipinski definition) is 3. The van der Waals surface area contributed by atoms with Gasteiger partial charge in [-0.1, -0.05) is 31.2 Å². The van der Waals surface area contributed by atoms with Crippen LogP contribution < -0.4 is 0 Å². The van der Waals surface area contributed by atoms with Crippen LogP contribution in [0.1, 0.15) is 60.5 Å². The lowest BCUT2D eigenvalue weighted by Crippen LogP contribution is -2.40. The molecule has 2 atom stereocenters. The highest BCUT2D eigenvalue weighted by molar-refractivity contribution is 5.77. The van der Waals surface area contributed by atoms with Crippen molar-refractivity contribution < 1.29 is 18.0 Å². The van der Waals surface area contributed by atoms with Gasteiger partial charge in [-0.15, -0.1) is 10.2 Å². The monoisotopic (exact) mass is 430 g/mol. The van der Waals surface area contributed by atoms with Crippen molar-refractivity contribution in [3.63, 3.8) is 0 Å². The number of fused-ring (bicyclic) bond motifs is 1. The third-order valence-electron chi connectivity index (χ3n) is 6.10. The zero-order chi connectivity index (χ0) is 22.2. The van der Waals surface area contributed by atoms with Crippen LogP contribution in [0.5, 0.6) is 0 Å². The molecule has 4 rings (SSSR count). The number of carbonyl (C=O) groups excluding carboxylic acids is 1. The van der Waals surface area contributed by atoms with E-state index in [1.54, 1.807) is 0 Å². The van der Waals surface area contributed by atoms with Gasteiger partial charge in [-0.25, -0.2) is 0 Å². The number of aryl methyl sites for hydroxylation is 1. The van der Waals surface area contributed by atoms with Gasteiger partial charge in [-0.3, -0.25) is 9.20 Å². The fourth-order valence-corrected chi connectivity index (χ4v) is 4.41. The van der Waals surface area contributed by atoms with Crippen molar-refractivity contribution in [2.24, 2.45) is 0 Å². The summed E-state index contributed by atoms with van der Waals surface area (Å²) in [4.78, 5) is 14.8. The molecule has 1 aliphatic rings. The average Bonchev–Trinajstić information content (AvgIpc) is 3.17. The first kappa shape index (κ1) is 21.3. The summed E-state index contributed by atoms with van der Waals surface area (Å²) >= 11 is 0. The van der Waals surface area contributed by atoms with E-state index in [0.717, 1.165) is 36.2 Å². The van der Waals surface area contributed by atoms with Gasteiger partial charge in [0.2, 0.25) is 5.91 Å². The highest BCUT2D eigenvalue weighted by Gasteiger charge is 2.33. The summed E-state index contributed by atoms with van der Waals surface area (Å²) in [7, 11) is 0. The predicted molar refractivity (Wildman–Crippen MR) is 111 cm³/mol. The van der Waals surface area contributed by atoms with E-state index in [0.29, 0.717) is 31.0 Å². The second-order valence-electron chi connectivity index (χ2n) is 8.34. The van der Waals surface area contributed by atoms with Crippen LogP contribution in [0.25, 0.3) is 5.65 Å². The van der Waals surface area contributed by atoms with Gasteiger partial charge in [0.15, 0.2) is 5.65 Å². The molecule has 8 heteroatoms. The van der Waals surface area contributed by atoms with Gasteiger partial charge in [-0.05, 0) is 48.9 Å². The van der Waals surface area contributed by atoms with E-state index in [9.17, 15) is 18.0 Å². The highest BCUT2D eigenvalue weighted by Crippen LogP contribution is 2.32. The number of pyridine rings is 1. The van der Waals surface area contributed by atoms with E-state index in [-0.39, 0.29) is 17.7 Å². The first-order valence-electron chi connectivity index (χ1n) is 10.5. The third kappa shape index (κ3) is 4.43. The van der Waals surface area contributed by atoms with Crippen molar-refractivity contribution in [2.45, 2.75) is 51.1 Å². The van der Waals surface area contributed by atoms with Crippen molar-refractivity contribution in [1.29, 1.82) is 0 Å². The van der Waals surface area contributed by atoms with Crippen LogP contribution in [0.15, 0.2) is 42.6 Å². The molecule has 2 aromatic heterocycles. The molecule has 1 aliphatic heterocycles. The molecule has 1 saturated heterocycles.